The van der Waals surface area contributed by atoms with Gasteiger partial charge in [0.1, 0.15) is 0 Å². The Labute approximate surface area is 256 Å². The molecule has 0 amide bonds. The van der Waals surface area contributed by atoms with Crippen LogP contribution >= 0.6 is 0 Å². The highest BCUT2D eigenvalue weighted by Gasteiger charge is 2.17. The molecule has 0 heterocycles. The van der Waals surface area contributed by atoms with Crippen LogP contribution in [0.2, 0.25) is 0 Å². The van der Waals surface area contributed by atoms with Gasteiger partial charge in [-0.2, -0.15) is 0 Å². The Morgan fingerprint density at radius 2 is 0.659 bits per heavy atom. The van der Waals surface area contributed by atoms with Crippen molar-refractivity contribution in [2.75, 3.05) is 0 Å². The first-order chi connectivity index (χ1) is 21.8. The number of hydrogen-bond acceptors (Lipinski definition) is 0. The maximum absolute atomic E-state index is 2.34. The third-order valence-corrected chi connectivity index (χ3v) is 9.22. The van der Waals surface area contributed by atoms with E-state index in [2.05, 4.69) is 170 Å². The lowest BCUT2D eigenvalue weighted by atomic mass is 9.85. The van der Waals surface area contributed by atoms with E-state index in [0.717, 1.165) is 0 Å². The highest BCUT2D eigenvalue weighted by atomic mass is 14.2. The number of fused-ring (bicyclic) bond motifs is 6. The highest BCUT2D eigenvalue weighted by Crippen LogP contribution is 2.44. The second-order valence-corrected chi connectivity index (χ2v) is 11.7. The van der Waals surface area contributed by atoms with Gasteiger partial charge in [-0.05, 0) is 99.4 Å². The van der Waals surface area contributed by atoms with Crippen molar-refractivity contribution in [3.8, 4) is 33.4 Å². The molecule has 0 aliphatic carbocycles. The lowest BCUT2D eigenvalue weighted by Crippen LogP contribution is -1.91. The lowest BCUT2D eigenvalue weighted by molar-refractivity contribution is 1.64. The zero-order chi connectivity index (χ0) is 29.0. The predicted molar refractivity (Wildman–Crippen MR) is 190 cm³/mol. The maximum Gasteiger partial charge on any atom is -0.00262 e. The molecular weight excluding hydrogens is 528 g/mol. The molecule has 0 saturated carbocycles. The fraction of sp³-hybridized carbons (Fsp3) is 0. The van der Waals surface area contributed by atoms with Crippen molar-refractivity contribution in [1.29, 1.82) is 0 Å². The van der Waals surface area contributed by atoms with Crippen molar-refractivity contribution in [3.63, 3.8) is 0 Å². The quantitative estimate of drug-likeness (QED) is 0.150. The van der Waals surface area contributed by atoms with Crippen LogP contribution < -0.4 is 0 Å². The summed E-state index contributed by atoms with van der Waals surface area (Å²) in [5, 5.41) is 12.8. The molecule has 0 N–H and O–H groups in total. The number of rotatable bonds is 3. The monoisotopic (exact) mass is 556 g/mol. The van der Waals surface area contributed by atoms with Crippen LogP contribution in [-0.4, -0.2) is 0 Å². The molecule has 44 heavy (non-hydrogen) atoms. The van der Waals surface area contributed by atoms with Gasteiger partial charge in [0, 0.05) is 0 Å². The van der Waals surface area contributed by atoms with Crippen molar-refractivity contribution < 1.29 is 0 Å². The molecule has 0 heteroatoms. The molecule has 0 spiro atoms. The fourth-order valence-electron chi connectivity index (χ4n) is 7.20. The van der Waals surface area contributed by atoms with Crippen molar-refractivity contribution in [3.05, 3.63) is 170 Å². The van der Waals surface area contributed by atoms with Gasteiger partial charge in [0.15, 0.2) is 0 Å². The molecule has 0 saturated heterocycles. The third-order valence-electron chi connectivity index (χ3n) is 9.22. The Morgan fingerprint density at radius 1 is 0.227 bits per heavy atom. The van der Waals surface area contributed by atoms with Crippen molar-refractivity contribution >= 4 is 53.9 Å². The smallest absolute Gasteiger partial charge is 0.00262 e. The minimum Gasteiger partial charge on any atom is -0.0616 e. The van der Waals surface area contributed by atoms with Gasteiger partial charge >= 0.3 is 0 Å². The molecular formula is C44H28. The van der Waals surface area contributed by atoms with E-state index in [1.807, 2.05) is 0 Å². The van der Waals surface area contributed by atoms with Gasteiger partial charge in [0.25, 0.3) is 0 Å². The number of benzene rings is 9. The van der Waals surface area contributed by atoms with E-state index in [9.17, 15) is 0 Å². The molecule has 0 aliphatic heterocycles. The standard InChI is InChI=1S/C44H28/c1-2-12-32-27-34(26-21-29(32)11-1)44-40-19-9-7-17-38(40)43(39-18-8-10-20-41(39)44)31-24-22-30(23-25-31)42-28-33-13-3-4-14-35(33)36-15-5-6-16-37(36)42/h1-28H. The molecule has 0 atom stereocenters. The second-order valence-electron chi connectivity index (χ2n) is 11.7. The third kappa shape index (κ3) is 3.85. The van der Waals surface area contributed by atoms with E-state index in [-0.39, 0.29) is 0 Å². The Balaban J connectivity index is 1.26. The molecule has 0 unspecified atom stereocenters. The molecule has 0 bridgehead atoms. The van der Waals surface area contributed by atoms with E-state index >= 15 is 0 Å². The van der Waals surface area contributed by atoms with E-state index in [0.29, 0.717) is 0 Å². The van der Waals surface area contributed by atoms with Crippen LogP contribution in [0.15, 0.2) is 170 Å². The topological polar surface area (TPSA) is 0 Å². The summed E-state index contributed by atoms with van der Waals surface area (Å²) < 4.78 is 0. The van der Waals surface area contributed by atoms with Gasteiger partial charge in [-0.1, -0.05) is 158 Å². The summed E-state index contributed by atoms with van der Waals surface area (Å²) in [5.41, 5.74) is 7.57. The summed E-state index contributed by atoms with van der Waals surface area (Å²) >= 11 is 0. The van der Waals surface area contributed by atoms with Crippen molar-refractivity contribution in [2.24, 2.45) is 0 Å². The summed E-state index contributed by atoms with van der Waals surface area (Å²) in [7, 11) is 0. The predicted octanol–water partition coefficient (Wildman–Crippen LogP) is 12.5. The van der Waals surface area contributed by atoms with E-state index in [1.54, 1.807) is 0 Å². The summed E-state index contributed by atoms with van der Waals surface area (Å²) in [6, 6.07) is 62.3. The largest absolute Gasteiger partial charge is 0.0616 e. The maximum atomic E-state index is 2.34. The minimum atomic E-state index is 1.23. The molecule has 0 aliphatic rings. The van der Waals surface area contributed by atoms with Crippen LogP contribution in [0.25, 0.3) is 87.2 Å². The fourth-order valence-corrected chi connectivity index (χ4v) is 7.20. The van der Waals surface area contributed by atoms with Crippen LogP contribution in [0.1, 0.15) is 0 Å². The lowest BCUT2D eigenvalue weighted by Gasteiger charge is -2.18. The Morgan fingerprint density at radius 3 is 1.30 bits per heavy atom. The van der Waals surface area contributed by atoms with Crippen LogP contribution in [0.3, 0.4) is 0 Å². The number of hydrogen-bond donors (Lipinski definition) is 0. The molecule has 0 fully saturated rings. The first kappa shape index (κ1) is 24.8. The Hall–Kier alpha value is -5.72. The van der Waals surface area contributed by atoms with Gasteiger partial charge in [-0.25, -0.2) is 0 Å². The van der Waals surface area contributed by atoms with E-state index < -0.39 is 0 Å². The van der Waals surface area contributed by atoms with Crippen LogP contribution in [0.5, 0.6) is 0 Å². The highest BCUT2D eigenvalue weighted by molar-refractivity contribution is 6.22. The van der Waals surface area contributed by atoms with Crippen LogP contribution in [0, 0.1) is 0 Å². The average Bonchev–Trinajstić information content (AvgIpc) is 3.10. The van der Waals surface area contributed by atoms with E-state index in [1.165, 1.54) is 87.2 Å². The molecule has 0 radical (unpaired) electrons. The van der Waals surface area contributed by atoms with Crippen LogP contribution in [-0.2, 0) is 0 Å². The Bertz CT molecular complexity index is 2480. The summed E-state index contributed by atoms with van der Waals surface area (Å²) in [5.74, 6) is 0. The normalized spacial score (nSPS) is 11.6. The second kappa shape index (κ2) is 9.93. The summed E-state index contributed by atoms with van der Waals surface area (Å²) in [4.78, 5) is 0. The molecule has 9 aromatic carbocycles. The average molecular weight is 557 g/mol. The molecule has 204 valence electrons. The first-order valence-electron chi connectivity index (χ1n) is 15.3. The van der Waals surface area contributed by atoms with Gasteiger partial charge < -0.3 is 0 Å². The Kier molecular flexibility index (Phi) is 5.61. The minimum absolute atomic E-state index is 1.23. The first-order valence-corrected chi connectivity index (χ1v) is 15.3. The van der Waals surface area contributed by atoms with Crippen LogP contribution in [0.4, 0.5) is 0 Å². The van der Waals surface area contributed by atoms with Crippen molar-refractivity contribution in [2.45, 2.75) is 0 Å². The summed E-state index contributed by atoms with van der Waals surface area (Å²) in [6.07, 6.45) is 0. The zero-order valence-electron chi connectivity index (χ0n) is 24.2. The van der Waals surface area contributed by atoms with Crippen molar-refractivity contribution in [1.82, 2.24) is 0 Å². The molecule has 9 rings (SSSR count). The van der Waals surface area contributed by atoms with Gasteiger partial charge in [0.2, 0.25) is 0 Å². The zero-order valence-corrected chi connectivity index (χ0v) is 24.2. The van der Waals surface area contributed by atoms with Gasteiger partial charge in [-0.15, -0.1) is 0 Å². The van der Waals surface area contributed by atoms with Gasteiger partial charge in [0.05, 0.1) is 0 Å². The molecule has 9 aromatic rings. The van der Waals surface area contributed by atoms with E-state index in [4.69, 9.17) is 0 Å². The van der Waals surface area contributed by atoms with Gasteiger partial charge in [-0.3, -0.25) is 0 Å². The SMILES string of the molecule is c1ccc2cc(-c3c4ccccc4c(-c4ccc(-c5cc6ccccc6c6ccccc56)cc4)c4ccccc34)ccc2c1. The summed E-state index contributed by atoms with van der Waals surface area (Å²) in [6.45, 7) is 0. The molecule has 0 aromatic heterocycles. The molecule has 0 nitrogen and oxygen atoms in total.